The lowest BCUT2D eigenvalue weighted by atomic mass is 10.3. The van der Waals surface area contributed by atoms with Crippen molar-refractivity contribution in [2.24, 2.45) is 0 Å². The summed E-state index contributed by atoms with van der Waals surface area (Å²) >= 11 is 0. The predicted octanol–water partition coefficient (Wildman–Crippen LogP) is 1.76. The summed E-state index contributed by atoms with van der Waals surface area (Å²) in [5.41, 5.74) is 1.08. The number of nitro groups is 1. The van der Waals surface area contributed by atoms with Crippen molar-refractivity contribution < 1.29 is 4.92 Å². The molecule has 0 spiro atoms. The second-order valence-electron chi connectivity index (χ2n) is 3.18. The molecular formula is C9H12N4O2. The Balaban J connectivity index is 2.57. The number of anilines is 1. The van der Waals surface area contributed by atoms with Gasteiger partial charge in [0.05, 0.1) is 4.92 Å². The Kier molecular flexibility index (Phi) is 3.73. The number of rotatable bonds is 4. The molecule has 0 atom stereocenters. The van der Waals surface area contributed by atoms with E-state index in [0.29, 0.717) is 12.5 Å². The Hall–Kier alpha value is -1.98. The Morgan fingerprint density at radius 1 is 1.53 bits per heavy atom. The fourth-order valence-electron chi connectivity index (χ4n) is 0.853. The Morgan fingerprint density at radius 3 is 2.60 bits per heavy atom. The maximum absolute atomic E-state index is 10.3. The fraction of sp³-hybridized carbons (Fsp3) is 0.333. The van der Waals surface area contributed by atoms with Gasteiger partial charge >= 0.3 is 5.69 Å². The molecule has 1 N–H and O–H groups in total. The summed E-state index contributed by atoms with van der Waals surface area (Å²) in [6.07, 6.45) is 4.33. The first-order chi connectivity index (χ1) is 7.09. The SMILES string of the molecule is CC(C)=CCNc1ncc([N+](=O)[O-])cn1. The van der Waals surface area contributed by atoms with Crippen molar-refractivity contribution in [1.29, 1.82) is 0 Å². The molecule has 6 heteroatoms. The highest BCUT2D eigenvalue weighted by atomic mass is 16.6. The van der Waals surface area contributed by atoms with Crippen molar-refractivity contribution in [3.05, 3.63) is 34.2 Å². The van der Waals surface area contributed by atoms with E-state index >= 15 is 0 Å². The van der Waals surface area contributed by atoms with E-state index in [1.54, 1.807) is 0 Å². The molecule has 6 nitrogen and oxygen atoms in total. The average molecular weight is 208 g/mol. The fourth-order valence-corrected chi connectivity index (χ4v) is 0.853. The van der Waals surface area contributed by atoms with Gasteiger partial charge in [-0.05, 0) is 13.8 Å². The van der Waals surface area contributed by atoms with Crippen LogP contribution in [0.3, 0.4) is 0 Å². The van der Waals surface area contributed by atoms with Gasteiger partial charge in [0, 0.05) is 6.54 Å². The van der Waals surface area contributed by atoms with Gasteiger partial charge in [0.2, 0.25) is 5.95 Å². The van der Waals surface area contributed by atoms with Gasteiger partial charge in [-0.25, -0.2) is 9.97 Å². The lowest BCUT2D eigenvalue weighted by Crippen LogP contribution is -2.03. The topological polar surface area (TPSA) is 81.0 Å². The minimum atomic E-state index is -0.528. The third-order valence-corrected chi connectivity index (χ3v) is 1.62. The van der Waals surface area contributed by atoms with Crippen LogP contribution in [0.2, 0.25) is 0 Å². The van der Waals surface area contributed by atoms with Crippen LogP contribution in [0, 0.1) is 10.1 Å². The van der Waals surface area contributed by atoms with E-state index in [9.17, 15) is 10.1 Å². The highest BCUT2D eigenvalue weighted by Crippen LogP contribution is 2.07. The van der Waals surface area contributed by atoms with Crippen molar-refractivity contribution >= 4 is 11.6 Å². The Labute approximate surface area is 87.2 Å². The molecule has 0 fully saturated rings. The molecule has 0 aliphatic rings. The average Bonchev–Trinajstić information content (AvgIpc) is 2.18. The second-order valence-corrected chi connectivity index (χ2v) is 3.18. The van der Waals surface area contributed by atoms with Crippen LogP contribution < -0.4 is 5.32 Å². The van der Waals surface area contributed by atoms with E-state index in [0.717, 1.165) is 0 Å². The zero-order chi connectivity index (χ0) is 11.3. The van der Waals surface area contributed by atoms with Gasteiger partial charge in [0.15, 0.2) is 0 Å². The third-order valence-electron chi connectivity index (χ3n) is 1.62. The molecule has 0 saturated heterocycles. The summed E-state index contributed by atoms with van der Waals surface area (Å²) < 4.78 is 0. The second kappa shape index (κ2) is 5.04. The summed E-state index contributed by atoms with van der Waals surface area (Å²) in [7, 11) is 0. The van der Waals surface area contributed by atoms with Gasteiger partial charge in [0.25, 0.3) is 0 Å². The van der Waals surface area contributed by atoms with Crippen LogP contribution in [0.4, 0.5) is 11.6 Å². The highest BCUT2D eigenvalue weighted by Gasteiger charge is 2.05. The van der Waals surface area contributed by atoms with Gasteiger partial charge in [-0.15, -0.1) is 0 Å². The van der Waals surface area contributed by atoms with Crippen molar-refractivity contribution in [3.8, 4) is 0 Å². The van der Waals surface area contributed by atoms with Gasteiger partial charge in [0.1, 0.15) is 12.4 Å². The largest absolute Gasteiger partial charge is 0.351 e. The monoisotopic (exact) mass is 208 g/mol. The number of hydrogen-bond acceptors (Lipinski definition) is 5. The minimum Gasteiger partial charge on any atom is -0.351 e. The van der Waals surface area contributed by atoms with E-state index in [1.165, 1.54) is 18.0 Å². The summed E-state index contributed by atoms with van der Waals surface area (Å²) in [5, 5.41) is 13.2. The van der Waals surface area contributed by atoms with Crippen LogP contribution in [-0.2, 0) is 0 Å². The van der Waals surface area contributed by atoms with Crippen LogP contribution in [0.25, 0.3) is 0 Å². The van der Waals surface area contributed by atoms with E-state index in [4.69, 9.17) is 0 Å². The first-order valence-electron chi connectivity index (χ1n) is 4.43. The molecule has 0 unspecified atom stereocenters. The summed E-state index contributed by atoms with van der Waals surface area (Å²) in [5.74, 6) is 0.387. The molecular weight excluding hydrogens is 196 g/mol. The first kappa shape index (κ1) is 11.1. The smallest absolute Gasteiger partial charge is 0.305 e. The van der Waals surface area contributed by atoms with Gasteiger partial charge < -0.3 is 5.32 Å². The molecule has 0 bridgehead atoms. The van der Waals surface area contributed by atoms with Crippen molar-refractivity contribution in [2.45, 2.75) is 13.8 Å². The van der Waals surface area contributed by atoms with E-state index < -0.39 is 4.92 Å². The standard InChI is InChI=1S/C9H12N4O2/c1-7(2)3-4-10-9-11-5-8(6-12-9)13(14)15/h3,5-6H,4H2,1-2H3,(H,10,11,12). The number of aromatic nitrogens is 2. The quantitative estimate of drug-likeness (QED) is 0.463. The van der Waals surface area contributed by atoms with Gasteiger partial charge in [-0.2, -0.15) is 0 Å². The molecule has 1 aromatic heterocycles. The van der Waals surface area contributed by atoms with Crippen LogP contribution in [0.5, 0.6) is 0 Å². The summed E-state index contributed by atoms with van der Waals surface area (Å²) in [6, 6.07) is 0. The van der Waals surface area contributed by atoms with Crippen molar-refractivity contribution in [3.63, 3.8) is 0 Å². The minimum absolute atomic E-state index is 0.109. The molecule has 0 amide bonds. The highest BCUT2D eigenvalue weighted by molar-refractivity contribution is 5.31. The molecule has 80 valence electrons. The normalized spacial score (nSPS) is 9.47. The molecule has 0 aliphatic heterocycles. The van der Waals surface area contributed by atoms with Gasteiger partial charge in [-0.3, -0.25) is 10.1 Å². The van der Waals surface area contributed by atoms with Crippen LogP contribution in [0.15, 0.2) is 24.0 Å². The molecule has 0 aliphatic carbocycles. The Bertz CT molecular complexity index is 368. The van der Waals surface area contributed by atoms with E-state index in [-0.39, 0.29) is 5.69 Å². The van der Waals surface area contributed by atoms with E-state index in [1.807, 2.05) is 19.9 Å². The maximum Gasteiger partial charge on any atom is 0.305 e. The van der Waals surface area contributed by atoms with Gasteiger partial charge in [-0.1, -0.05) is 11.6 Å². The number of nitrogens with zero attached hydrogens (tertiary/aromatic N) is 3. The predicted molar refractivity (Wildman–Crippen MR) is 56.6 cm³/mol. The summed E-state index contributed by atoms with van der Waals surface area (Å²) in [4.78, 5) is 17.4. The number of hydrogen-bond donors (Lipinski definition) is 1. The lowest BCUT2D eigenvalue weighted by Gasteiger charge is -2.00. The Morgan fingerprint density at radius 2 is 2.13 bits per heavy atom. The molecule has 1 aromatic rings. The first-order valence-corrected chi connectivity index (χ1v) is 4.43. The lowest BCUT2D eigenvalue weighted by molar-refractivity contribution is -0.385. The molecule has 1 rings (SSSR count). The molecule has 0 aromatic carbocycles. The van der Waals surface area contributed by atoms with E-state index in [2.05, 4.69) is 15.3 Å². The summed E-state index contributed by atoms with van der Waals surface area (Å²) in [6.45, 7) is 4.58. The molecule has 0 radical (unpaired) electrons. The molecule has 0 saturated carbocycles. The molecule has 1 heterocycles. The zero-order valence-electron chi connectivity index (χ0n) is 8.60. The van der Waals surface area contributed by atoms with Crippen molar-refractivity contribution in [2.75, 3.05) is 11.9 Å². The molecule has 15 heavy (non-hydrogen) atoms. The number of allylic oxidation sites excluding steroid dienone is 1. The number of nitrogens with one attached hydrogen (secondary N) is 1. The van der Waals surface area contributed by atoms with Crippen LogP contribution >= 0.6 is 0 Å². The van der Waals surface area contributed by atoms with Crippen LogP contribution in [-0.4, -0.2) is 21.4 Å². The van der Waals surface area contributed by atoms with Crippen molar-refractivity contribution in [1.82, 2.24) is 9.97 Å². The zero-order valence-corrected chi connectivity index (χ0v) is 8.60. The maximum atomic E-state index is 10.3. The third kappa shape index (κ3) is 3.72. The van der Waals surface area contributed by atoms with Crippen LogP contribution in [0.1, 0.15) is 13.8 Å².